The van der Waals surface area contributed by atoms with Gasteiger partial charge < -0.3 is 15.2 Å². The molecule has 5 heteroatoms. The van der Waals surface area contributed by atoms with Gasteiger partial charge in [0.05, 0.1) is 12.0 Å². The van der Waals surface area contributed by atoms with Crippen LogP contribution in [0.4, 0.5) is 5.69 Å². The zero-order valence-corrected chi connectivity index (χ0v) is 13.5. The predicted octanol–water partition coefficient (Wildman–Crippen LogP) is 2.82. The molecule has 2 rings (SSSR count). The van der Waals surface area contributed by atoms with Gasteiger partial charge in [0.15, 0.2) is 0 Å². The second-order valence-electron chi connectivity index (χ2n) is 5.44. The van der Waals surface area contributed by atoms with Crippen LogP contribution in [0, 0.1) is 13.8 Å². The third kappa shape index (κ3) is 4.18. The van der Waals surface area contributed by atoms with Gasteiger partial charge in [0.1, 0.15) is 0 Å². The summed E-state index contributed by atoms with van der Waals surface area (Å²) in [6.07, 6.45) is 4.30. The molecule has 0 saturated carbocycles. The van der Waals surface area contributed by atoms with Crippen molar-refractivity contribution in [2.75, 3.05) is 18.9 Å². The summed E-state index contributed by atoms with van der Waals surface area (Å²) in [7, 11) is 1.92. The normalized spacial score (nSPS) is 10.7. The van der Waals surface area contributed by atoms with Crippen LogP contribution < -0.4 is 10.6 Å². The molecule has 0 aliphatic carbocycles. The summed E-state index contributed by atoms with van der Waals surface area (Å²) in [6.45, 7) is 4.99. The molecule has 2 aromatic rings. The highest BCUT2D eigenvalue weighted by Crippen LogP contribution is 2.17. The second kappa shape index (κ2) is 7.75. The molecule has 1 aromatic carbocycles. The minimum absolute atomic E-state index is 0.0681. The summed E-state index contributed by atoms with van der Waals surface area (Å²) in [5, 5.41) is 6.01. The first-order chi connectivity index (χ1) is 10.6. The van der Waals surface area contributed by atoms with Crippen molar-refractivity contribution in [2.24, 2.45) is 0 Å². The van der Waals surface area contributed by atoms with E-state index in [0.29, 0.717) is 6.42 Å². The standard InChI is InChI=1S/C17H24N4O/c1-13-14(2)21(12-19-13)16-9-7-15(8-10-16)20-17(22)6-4-5-11-18-3/h7-10,12,18H,4-6,11H2,1-3H3,(H,20,22). The van der Waals surface area contributed by atoms with Crippen LogP contribution in [0.2, 0.25) is 0 Å². The molecule has 0 fully saturated rings. The molecule has 0 saturated heterocycles. The number of amides is 1. The monoisotopic (exact) mass is 300 g/mol. The van der Waals surface area contributed by atoms with E-state index >= 15 is 0 Å². The Labute approximate surface area is 131 Å². The lowest BCUT2D eigenvalue weighted by molar-refractivity contribution is -0.116. The fourth-order valence-electron chi connectivity index (χ4n) is 2.28. The number of benzene rings is 1. The van der Waals surface area contributed by atoms with E-state index in [4.69, 9.17) is 0 Å². The summed E-state index contributed by atoms with van der Waals surface area (Å²) < 4.78 is 2.04. The molecule has 118 valence electrons. The average molecular weight is 300 g/mol. The quantitative estimate of drug-likeness (QED) is 0.773. The highest BCUT2D eigenvalue weighted by atomic mass is 16.1. The number of nitrogens with zero attached hydrogens (tertiary/aromatic N) is 2. The zero-order chi connectivity index (χ0) is 15.9. The summed E-state index contributed by atoms with van der Waals surface area (Å²) in [5.74, 6) is 0.0681. The number of carbonyl (C=O) groups excluding carboxylic acids is 1. The highest BCUT2D eigenvalue weighted by molar-refractivity contribution is 5.90. The largest absolute Gasteiger partial charge is 0.326 e. The fourth-order valence-corrected chi connectivity index (χ4v) is 2.28. The smallest absolute Gasteiger partial charge is 0.224 e. The third-order valence-corrected chi connectivity index (χ3v) is 3.76. The molecule has 0 unspecified atom stereocenters. The molecule has 0 aliphatic rings. The molecule has 0 radical (unpaired) electrons. The first-order valence-corrected chi connectivity index (χ1v) is 7.67. The molecule has 2 N–H and O–H groups in total. The van der Waals surface area contributed by atoms with E-state index in [-0.39, 0.29) is 5.91 Å². The number of carbonyl (C=O) groups is 1. The molecule has 1 aromatic heterocycles. The number of hydrogen-bond donors (Lipinski definition) is 2. The average Bonchev–Trinajstić information content (AvgIpc) is 2.84. The third-order valence-electron chi connectivity index (χ3n) is 3.76. The lowest BCUT2D eigenvalue weighted by Gasteiger charge is -2.08. The number of imidazole rings is 1. The summed E-state index contributed by atoms with van der Waals surface area (Å²) >= 11 is 0. The van der Waals surface area contributed by atoms with Crippen LogP contribution in [0.3, 0.4) is 0 Å². The van der Waals surface area contributed by atoms with E-state index in [2.05, 4.69) is 15.6 Å². The van der Waals surface area contributed by atoms with Crippen molar-refractivity contribution in [1.29, 1.82) is 0 Å². The Bertz CT molecular complexity index is 616. The van der Waals surface area contributed by atoms with E-state index < -0.39 is 0 Å². The lowest BCUT2D eigenvalue weighted by Crippen LogP contribution is -2.13. The van der Waals surface area contributed by atoms with Gasteiger partial charge in [-0.05, 0) is 64.5 Å². The van der Waals surface area contributed by atoms with Gasteiger partial charge in [-0.1, -0.05) is 0 Å². The minimum Gasteiger partial charge on any atom is -0.326 e. The van der Waals surface area contributed by atoms with Crippen molar-refractivity contribution >= 4 is 11.6 Å². The maximum absolute atomic E-state index is 11.8. The first kappa shape index (κ1) is 16.2. The number of anilines is 1. The van der Waals surface area contributed by atoms with Crippen molar-refractivity contribution in [3.05, 3.63) is 42.0 Å². The first-order valence-electron chi connectivity index (χ1n) is 7.67. The predicted molar refractivity (Wildman–Crippen MR) is 89.4 cm³/mol. The van der Waals surface area contributed by atoms with Crippen LogP contribution in [-0.2, 0) is 4.79 Å². The number of hydrogen-bond acceptors (Lipinski definition) is 3. The fraction of sp³-hybridized carbons (Fsp3) is 0.412. The Balaban J connectivity index is 1.92. The van der Waals surface area contributed by atoms with Crippen LogP contribution in [0.1, 0.15) is 30.7 Å². The van der Waals surface area contributed by atoms with Crippen molar-refractivity contribution in [1.82, 2.24) is 14.9 Å². The van der Waals surface area contributed by atoms with E-state index in [0.717, 1.165) is 42.1 Å². The Morgan fingerprint density at radius 2 is 1.91 bits per heavy atom. The van der Waals surface area contributed by atoms with Crippen LogP contribution in [0.25, 0.3) is 5.69 Å². The van der Waals surface area contributed by atoms with Gasteiger partial charge in [-0.15, -0.1) is 0 Å². The summed E-state index contributed by atoms with van der Waals surface area (Å²) in [5.41, 5.74) is 4.03. The summed E-state index contributed by atoms with van der Waals surface area (Å²) in [6, 6.07) is 7.83. The van der Waals surface area contributed by atoms with Gasteiger partial charge in [0.2, 0.25) is 5.91 Å². The van der Waals surface area contributed by atoms with Gasteiger partial charge >= 0.3 is 0 Å². The number of rotatable bonds is 7. The van der Waals surface area contributed by atoms with Gasteiger partial charge in [0, 0.05) is 23.5 Å². The zero-order valence-electron chi connectivity index (χ0n) is 13.5. The van der Waals surface area contributed by atoms with Gasteiger partial charge in [-0.3, -0.25) is 4.79 Å². The Kier molecular flexibility index (Phi) is 5.72. The minimum atomic E-state index is 0.0681. The van der Waals surface area contributed by atoms with Crippen LogP contribution in [-0.4, -0.2) is 29.1 Å². The number of aromatic nitrogens is 2. The van der Waals surface area contributed by atoms with E-state index in [9.17, 15) is 4.79 Å². The van der Waals surface area contributed by atoms with Crippen molar-refractivity contribution < 1.29 is 4.79 Å². The topological polar surface area (TPSA) is 59.0 Å². The molecular formula is C17H24N4O. The molecule has 22 heavy (non-hydrogen) atoms. The second-order valence-corrected chi connectivity index (χ2v) is 5.44. The van der Waals surface area contributed by atoms with Crippen molar-refractivity contribution in [2.45, 2.75) is 33.1 Å². The molecule has 5 nitrogen and oxygen atoms in total. The Hall–Kier alpha value is -2.14. The molecule has 0 bridgehead atoms. The van der Waals surface area contributed by atoms with Crippen molar-refractivity contribution in [3.8, 4) is 5.69 Å². The maximum Gasteiger partial charge on any atom is 0.224 e. The molecule has 0 aliphatic heterocycles. The molecular weight excluding hydrogens is 276 g/mol. The van der Waals surface area contributed by atoms with Gasteiger partial charge in [-0.2, -0.15) is 0 Å². The van der Waals surface area contributed by atoms with Crippen molar-refractivity contribution in [3.63, 3.8) is 0 Å². The SMILES string of the molecule is CNCCCCC(=O)Nc1ccc(-n2cnc(C)c2C)cc1. The molecule has 1 amide bonds. The number of unbranched alkanes of at least 4 members (excludes halogenated alkanes) is 1. The lowest BCUT2D eigenvalue weighted by atomic mass is 10.2. The molecule has 0 atom stereocenters. The molecule has 1 heterocycles. The number of aryl methyl sites for hydroxylation is 1. The number of nitrogens with one attached hydrogen (secondary N) is 2. The Morgan fingerprint density at radius 1 is 1.18 bits per heavy atom. The van der Waals surface area contributed by atoms with Gasteiger partial charge in [0.25, 0.3) is 0 Å². The summed E-state index contributed by atoms with van der Waals surface area (Å²) in [4.78, 5) is 16.1. The molecule has 0 spiro atoms. The highest BCUT2D eigenvalue weighted by Gasteiger charge is 2.05. The van der Waals surface area contributed by atoms with Gasteiger partial charge in [-0.25, -0.2) is 4.98 Å². The van der Waals surface area contributed by atoms with Crippen LogP contribution in [0.15, 0.2) is 30.6 Å². The van der Waals surface area contributed by atoms with Crippen LogP contribution in [0.5, 0.6) is 0 Å². The van der Waals surface area contributed by atoms with Crippen LogP contribution >= 0.6 is 0 Å². The maximum atomic E-state index is 11.8. The van der Waals surface area contributed by atoms with E-state index in [1.807, 2.05) is 56.1 Å². The van der Waals surface area contributed by atoms with E-state index in [1.165, 1.54) is 0 Å². The Morgan fingerprint density at radius 3 is 2.50 bits per heavy atom. The van der Waals surface area contributed by atoms with E-state index in [1.54, 1.807) is 0 Å².